The number of rotatable bonds is 0. The molecule has 0 nitrogen and oxygen atoms in total. The van der Waals surface area contributed by atoms with Crippen molar-refractivity contribution < 1.29 is 0 Å². The van der Waals surface area contributed by atoms with Crippen molar-refractivity contribution in [3.05, 3.63) is 95.1 Å². The van der Waals surface area contributed by atoms with Crippen molar-refractivity contribution in [1.82, 2.24) is 0 Å². The highest BCUT2D eigenvalue weighted by Crippen LogP contribution is 2.43. The molecule has 244 valence electrons. The van der Waals surface area contributed by atoms with E-state index in [1.54, 1.807) is 0 Å². The first-order valence-electron chi connectivity index (χ1n) is 14.1. The molecule has 0 aliphatic heterocycles. The number of alkyl halides is 1. The van der Waals surface area contributed by atoms with Gasteiger partial charge in [0, 0.05) is 32.5 Å². The van der Waals surface area contributed by atoms with Gasteiger partial charge < -0.3 is 0 Å². The topological polar surface area (TPSA) is 0 Å². The third kappa shape index (κ3) is 14.6. The molecule has 0 heterocycles. The molecular formula is C37H61I5. The zero-order valence-corrected chi connectivity index (χ0v) is 40.4. The largest absolute Gasteiger partial charge is 0.107 e. The molecule has 3 aliphatic rings. The van der Waals surface area contributed by atoms with E-state index < -0.39 is 0 Å². The maximum absolute atomic E-state index is 2.33. The maximum atomic E-state index is 2.33. The van der Waals surface area contributed by atoms with Crippen LogP contribution in [0.1, 0.15) is 108 Å². The van der Waals surface area contributed by atoms with Gasteiger partial charge in [0.05, 0.1) is 0 Å². The first kappa shape index (κ1) is 50.4. The SMILES string of the molecule is CC1(C)C=CC(C)(C)C=C1.CC1(C)C=CC(C)(C)c2ccccc21.CC1=C(C)C(C)(C)C=CC1(C)C.CI.I.I.I.I. The molecule has 4 rings (SSSR count). The van der Waals surface area contributed by atoms with Crippen LogP contribution in [0.2, 0.25) is 0 Å². The van der Waals surface area contributed by atoms with Crippen molar-refractivity contribution >= 4 is 118 Å². The molecule has 1 aromatic rings. The summed E-state index contributed by atoms with van der Waals surface area (Å²) < 4.78 is 0. The van der Waals surface area contributed by atoms with Crippen molar-refractivity contribution in [3.63, 3.8) is 0 Å². The standard InChI is InChI=1S/C14H18.C12H20.C10H16.CH3I.4HI/c1-13(2)9-10-14(3,4)12-8-6-5-7-11(12)13;1-9-10(2)12(5,6)8-7-11(9,3)4;1-9(2)5-7-10(3,4)8-6-9;1-2;;;;/h5-10H,1-4H3;7-8H,1-6H3;5-8H,1-4H3;1H3;4*1H. The molecule has 0 saturated heterocycles. The molecule has 0 atom stereocenters. The summed E-state index contributed by atoms with van der Waals surface area (Å²) in [7, 11) is 0. The van der Waals surface area contributed by atoms with Crippen LogP contribution in [0.4, 0.5) is 0 Å². The molecular weight excluding hydrogens is 1080 g/mol. The van der Waals surface area contributed by atoms with Gasteiger partial charge in [-0.3, -0.25) is 0 Å². The van der Waals surface area contributed by atoms with Gasteiger partial charge in [-0.1, -0.05) is 190 Å². The van der Waals surface area contributed by atoms with Crippen LogP contribution in [0.15, 0.2) is 84.0 Å². The Bertz CT molecular complexity index is 1010. The van der Waals surface area contributed by atoms with E-state index in [9.17, 15) is 0 Å². The fourth-order valence-electron chi connectivity index (χ4n) is 4.81. The van der Waals surface area contributed by atoms with E-state index in [1.807, 2.05) is 4.93 Å². The summed E-state index contributed by atoms with van der Waals surface area (Å²) in [5.41, 5.74) is 7.42. The Morgan fingerprint density at radius 2 is 0.595 bits per heavy atom. The molecule has 5 heteroatoms. The van der Waals surface area contributed by atoms with Crippen LogP contribution in [0, 0.1) is 21.7 Å². The number of halogens is 5. The van der Waals surface area contributed by atoms with Gasteiger partial charge in [-0.05, 0) is 29.9 Å². The van der Waals surface area contributed by atoms with Crippen molar-refractivity contribution in [3.8, 4) is 0 Å². The Kier molecular flexibility index (Phi) is 23.3. The Labute approximate surface area is 343 Å². The number of hydrogen-bond acceptors (Lipinski definition) is 0. The molecule has 1 aromatic carbocycles. The summed E-state index contributed by atoms with van der Waals surface area (Å²) in [4.78, 5) is 1.97. The maximum Gasteiger partial charge on any atom is 0.00786 e. The highest BCUT2D eigenvalue weighted by Gasteiger charge is 2.32. The molecule has 0 spiro atoms. The molecule has 0 N–H and O–H groups in total. The van der Waals surface area contributed by atoms with E-state index in [-0.39, 0.29) is 128 Å². The van der Waals surface area contributed by atoms with E-state index in [0.29, 0.717) is 0 Å². The molecule has 0 radical (unpaired) electrons. The van der Waals surface area contributed by atoms with Crippen molar-refractivity contribution in [2.75, 3.05) is 4.93 Å². The predicted molar refractivity (Wildman–Crippen MR) is 244 cm³/mol. The van der Waals surface area contributed by atoms with E-state index in [1.165, 1.54) is 22.3 Å². The Balaban J connectivity index is -0.000000242. The number of hydrogen-bond donors (Lipinski definition) is 0. The minimum absolute atomic E-state index is 0. The van der Waals surface area contributed by atoms with E-state index in [0.717, 1.165) is 0 Å². The minimum Gasteiger partial charge on any atom is -0.107 e. The summed E-state index contributed by atoms with van der Waals surface area (Å²) >= 11 is 2.15. The average molecular weight is 1140 g/mol. The van der Waals surface area contributed by atoms with E-state index >= 15 is 0 Å². The van der Waals surface area contributed by atoms with Crippen LogP contribution in [-0.4, -0.2) is 4.93 Å². The molecule has 0 amide bonds. The van der Waals surface area contributed by atoms with Gasteiger partial charge >= 0.3 is 0 Å². The zero-order chi connectivity index (χ0) is 29.8. The molecule has 3 aliphatic carbocycles. The summed E-state index contributed by atoms with van der Waals surface area (Å²) in [5, 5.41) is 0. The van der Waals surface area contributed by atoms with Crippen LogP contribution in [0.5, 0.6) is 0 Å². The van der Waals surface area contributed by atoms with Gasteiger partial charge in [-0.25, -0.2) is 0 Å². The fraction of sp³-hybridized carbons (Fsp3) is 0.568. The normalized spacial score (nSPS) is 21.2. The quantitative estimate of drug-likeness (QED) is 0.138. The number of fused-ring (bicyclic) bond motifs is 1. The Morgan fingerprint density at radius 3 is 0.833 bits per heavy atom. The zero-order valence-electron chi connectivity index (χ0n) is 28.9. The monoisotopic (exact) mass is 1140 g/mol. The molecule has 0 fully saturated rings. The first-order valence-corrected chi connectivity index (χ1v) is 16.3. The first-order chi connectivity index (χ1) is 17.1. The van der Waals surface area contributed by atoms with Crippen molar-refractivity contribution in [2.24, 2.45) is 21.7 Å². The summed E-state index contributed by atoms with van der Waals surface area (Å²) in [6, 6.07) is 8.77. The van der Waals surface area contributed by atoms with Gasteiger partial charge in [-0.2, -0.15) is 0 Å². The second kappa shape index (κ2) is 19.4. The van der Waals surface area contributed by atoms with Crippen LogP contribution in [0.25, 0.3) is 0 Å². The molecule has 0 saturated carbocycles. The van der Waals surface area contributed by atoms with Gasteiger partial charge in [0.1, 0.15) is 0 Å². The van der Waals surface area contributed by atoms with Gasteiger partial charge in [-0.15, -0.1) is 95.9 Å². The second-order valence-corrected chi connectivity index (χ2v) is 14.7. The van der Waals surface area contributed by atoms with Crippen LogP contribution >= 0.6 is 118 Å². The molecule has 0 unspecified atom stereocenters. The fourth-order valence-corrected chi connectivity index (χ4v) is 4.81. The van der Waals surface area contributed by atoms with Crippen LogP contribution in [-0.2, 0) is 10.8 Å². The smallest absolute Gasteiger partial charge is 0.00786 e. The Morgan fingerprint density at radius 1 is 0.381 bits per heavy atom. The van der Waals surface area contributed by atoms with Gasteiger partial charge in [0.2, 0.25) is 0 Å². The highest BCUT2D eigenvalue weighted by atomic mass is 127. The van der Waals surface area contributed by atoms with Crippen LogP contribution in [0.3, 0.4) is 0 Å². The third-order valence-corrected chi connectivity index (χ3v) is 8.53. The van der Waals surface area contributed by atoms with Crippen molar-refractivity contribution in [2.45, 2.75) is 108 Å². The molecule has 0 bridgehead atoms. The van der Waals surface area contributed by atoms with E-state index in [2.05, 4.69) is 192 Å². The van der Waals surface area contributed by atoms with E-state index in [4.69, 9.17) is 0 Å². The number of benzene rings is 1. The van der Waals surface area contributed by atoms with Gasteiger partial charge in [0.25, 0.3) is 0 Å². The third-order valence-electron chi connectivity index (χ3n) is 8.53. The predicted octanol–water partition coefficient (Wildman–Crippen LogP) is 14.4. The Hall–Kier alpha value is 1.57. The highest BCUT2D eigenvalue weighted by molar-refractivity contribution is 14.1. The van der Waals surface area contributed by atoms with Crippen molar-refractivity contribution in [1.29, 1.82) is 0 Å². The average Bonchev–Trinajstić information content (AvgIpc) is 2.84. The molecule has 0 aromatic heterocycles. The lowest BCUT2D eigenvalue weighted by atomic mass is 9.68. The summed E-state index contributed by atoms with van der Waals surface area (Å²) in [6.45, 7) is 31.6. The summed E-state index contributed by atoms with van der Waals surface area (Å²) in [5.74, 6) is 0. The summed E-state index contributed by atoms with van der Waals surface area (Å²) in [6.07, 6.45) is 18.4. The second-order valence-electron chi connectivity index (χ2n) is 14.7. The van der Waals surface area contributed by atoms with Crippen LogP contribution < -0.4 is 0 Å². The number of allylic oxidation sites excluding steroid dienone is 10. The lowest BCUT2D eigenvalue weighted by molar-refractivity contribution is 0.476. The minimum atomic E-state index is 0. The van der Waals surface area contributed by atoms with Gasteiger partial charge in [0.15, 0.2) is 0 Å². The lowest BCUT2D eigenvalue weighted by Gasteiger charge is -2.36. The lowest BCUT2D eigenvalue weighted by Crippen LogP contribution is -2.28. The molecule has 42 heavy (non-hydrogen) atoms.